The third-order valence-electron chi connectivity index (χ3n) is 4.47. The minimum atomic E-state index is -1.61. The molecule has 0 radical (unpaired) electrons. The smallest absolute Gasteiger partial charge is 0.251 e. The largest absolute Gasteiger partial charge is 0.331 e. The summed E-state index contributed by atoms with van der Waals surface area (Å²) in [7, 11) is 0. The second-order valence-corrected chi connectivity index (χ2v) is 7.29. The maximum Gasteiger partial charge on any atom is 0.251 e. The number of aromatic nitrogens is 1. The van der Waals surface area contributed by atoms with E-state index in [1.165, 1.54) is 0 Å². The van der Waals surface area contributed by atoms with Crippen molar-refractivity contribution in [1.29, 1.82) is 0 Å². The van der Waals surface area contributed by atoms with E-state index in [1.807, 2.05) is 24.3 Å². The number of nitrogens with two attached hydrogens (primary N) is 2. The van der Waals surface area contributed by atoms with Crippen LogP contribution in [0.3, 0.4) is 0 Å². The van der Waals surface area contributed by atoms with Crippen molar-refractivity contribution in [2.45, 2.75) is 18.4 Å². The summed E-state index contributed by atoms with van der Waals surface area (Å²) >= 11 is 1.66. The minimum absolute atomic E-state index is 0.219. The Morgan fingerprint density at radius 3 is 2.72 bits per heavy atom. The van der Waals surface area contributed by atoms with Crippen LogP contribution in [-0.2, 0) is 4.79 Å². The molecule has 0 saturated carbocycles. The number of Topliss-reactive ketones (excluding diaryl/α,β-unsaturated/α-hetero) is 1. The molecule has 6 nitrogen and oxygen atoms in total. The molecule has 1 aliphatic rings. The van der Waals surface area contributed by atoms with E-state index in [0.717, 1.165) is 16.5 Å². The Hall–Kier alpha value is -1.96. The van der Waals surface area contributed by atoms with Crippen molar-refractivity contribution in [3.05, 3.63) is 42.2 Å². The lowest BCUT2D eigenvalue weighted by molar-refractivity contribution is -0.134. The van der Waals surface area contributed by atoms with Gasteiger partial charge in [0.2, 0.25) is 5.78 Å². The number of ketones is 1. The Labute approximate surface area is 150 Å². The fourth-order valence-corrected chi connectivity index (χ4v) is 3.94. The Balaban J connectivity index is 1.95. The molecule has 0 aliphatic carbocycles. The van der Waals surface area contributed by atoms with Crippen molar-refractivity contribution in [2.24, 2.45) is 11.5 Å². The Bertz CT molecular complexity index is 791. The average Bonchev–Trinajstić information content (AvgIpc) is 3.19. The molecule has 1 amide bonds. The van der Waals surface area contributed by atoms with Gasteiger partial charge in [-0.15, -0.1) is 11.8 Å². The molecule has 0 spiro atoms. The highest BCUT2D eigenvalue weighted by Gasteiger charge is 2.45. The molecule has 1 saturated heterocycles. The predicted octanol–water partition coefficient (Wildman–Crippen LogP) is 1.39. The molecule has 0 bridgehead atoms. The second kappa shape index (κ2) is 7.51. The number of carbonyl (C=O) groups excluding carboxylic acids is 2. The molecule has 25 heavy (non-hydrogen) atoms. The van der Waals surface area contributed by atoms with E-state index in [9.17, 15) is 9.59 Å². The third-order valence-corrected chi connectivity index (χ3v) is 5.43. The molecule has 4 N–H and O–H groups in total. The van der Waals surface area contributed by atoms with Crippen molar-refractivity contribution in [3.63, 3.8) is 0 Å². The predicted molar refractivity (Wildman–Crippen MR) is 100 cm³/mol. The van der Waals surface area contributed by atoms with Crippen LogP contribution in [0.5, 0.6) is 0 Å². The quantitative estimate of drug-likeness (QED) is 0.597. The molecule has 1 fully saturated rings. The summed E-state index contributed by atoms with van der Waals surface area (Å²) in [6, 6.07) is 9.34. The molecule has 2 heterocycles. The van der Waals surface area contributed by atoms with Crippen molar-refractivity contribution in [1.82, 2.24) is 9.88 Å². The van der Waals surface area contributed by atoms with Gasteiger partial charge in [0, 0.05) is 23.9 Å². The molecular formula is C18H22N4O2S. The summed E-state index contributed by atoms with van der Waals surface area (Å²) in [5.41, 5.74) is 10.6. The van der Waals surface area contributed by atoms with Gasteiger partial charge in [-0.2, -0.15) is 0 Å². The number of benzene rings is 1. The van der Waals surface area contributed by atoms with Crippen LogP contribution in [-0.4, -0.2) is 51.8 Å². The molecular weight excluding hydrogens is 336 g/mol. The molecule has 0 unspecified atom stereocenters. The van der Waals surface area contributed by atoms with Gasteiger partial charge in [0.25, 0.3) is 5.91 Å². The zero-order valence-corrected chi connectivity index (χ0v) is 14.8. The lowest BCUT2D eigenvalue weighted by Gasteiger charge is -2.30. The molecule has 1 aliphatic heterocycles. The number of carbonyl (C=O) groups is 2. The summed E-state index contributed by atoms with van der Waals surface area (Å²) in [6.45, 7) is 0.989. The minimum Gasteiger partial charge on any atom is -0.331 e. The molecule has 1 atom stereocenters. The molecule has 7 heteroatoms. The molecule has 132 valence electrons. The summed E-state index contributed by atoms with van der Waals surface area (Å²) < 4.78 is 0. The number of amides is 1. The first-order chi connectivity index (χ1) is 12.1. The highest BCUT2D eigenvalue weighted by atomic mass is 32.2. The number of thioether (sulfide) groups is 1. The standard InChI is InChI=1S/C18H22N4O2S/c19-7-3-6-18(20,17(24)22-8-9-25-12-22)16(23)15-10-13-4-1-2-5-14(13)11-21-15/h1-2,4-5,10-11H,3,6-9,12,19-20H2/t18-/m1/s1. The maximum atomic E-state index is 13.1. The Kier molecular flexibility index (Phi) is 5.36. The lowest BCUT2D eigenvalue weighted by atomic mass is 9.86. The number of nitrogens with zero attached hydrogens (tertiary/aromatic N) is 2. The number of rotatable bonds is 6. The lowest BCUT2D eigenvalue weighted by Crippen LogP contribution is -2.60. The molecule has 2 aromatic rings. The van der Waals surface area contributed by atoms with Gasteiger partial charge in [-0.25, -0.2) is 0 Å². The number of hydrogen-bond donors (Lipinski definition) is 2. The molecule has 3 rings (SSSR count). The summed E-state index contributed by atoms with van der Waals surface area (Å²) in [5.74, 6) is 0.666. The van der Waals surface area contributed by atoms with Gasteiger partial charge in [-0.05, 0) is 30.8 Å². The average molecular weight is 358 g/mol. The summed E-state index contributed by atoms with van der Waals surface area (Å²) in [5, 5.41) is 1.83. The third kappa shape index (κ3) is 3.53. The van der Waals surface area contributed by atoms with Gasteiger partial charge in [-0.3, -0.25) is 14.6 Å². The highest BCUT2D eigenvalue weighted by Crippen LogP contribution is 2.24. The van der Waals surface area contributed by atoms with E-state index < -0.39 is 11.3 Å². The SMILES string of the molecule is NCCC[C@@](N)(C(=O)c1cc2ccccc2cn1)C(=O)N1CCSC1. The first-order valence-corrected chi connectivity index (χ1v) is 9.47. The Morgan fingerprint density at radius 2 is 2.04 bits per heavy atom. The highest BCUT2D eigenvalue weighted by molar-refractivity contribution is 7.99. The van der Waals surface area contributed by atoms with E-state index in [4.69, 9.17) is 11.5 Å². The topological polar surface area (TPSA) is 102 Å². The van der Waals surface area contributed by atoms with Crippen LogP contribution in [0, 0.1) is 0 Å². The van der Waals surface area contributed by atoms with Gasteiger partial charge in [0.1, 0.15) is 5.69 Å². The number of pyridine rings is 1. The first-order valence-electron chi connectivity index (χ1n) is 8.32. The van der Waals surface area contributed by atoms with Crippen LogP contribution in [0.4, 0.5) is 0 Å². The van der Waals surface area contributed by atoms with Crippen LogP contribution in [0.15, 0.2) is 36.5 Å². The van der Waals surface area contributed by atoms with Crippen LogP contribution >= 0.6 is 11.8 Å². The van der Waals surface area contributed by atoms with Crippen molar-refractivity contribution in [2.75, 3.05) is 24.7 Å². The van der Waals surface area contributed by atoms with Gasteiger partial charge >= 0.3 is 0 Å². The second-order valence-electron chi connectivity index (χ2n) is 6.22. The van der Waals surface area contributed by atoms with E-state index in [-0.39, 0.29) is 18.0 Å². The van der Waals surface area contributed by atoms with Gasteiger partial charge in [0.05, 0.1) is 5.88 Å². The fraction of sp³-hybridized carbons (Fsp3) is 0.389. The first kappa shape index (κ1) is 17.8. The normalized spacial score (nSPS) is 16.8. The zero-order valence-electron chi connectivity index (χ0n) is 14.0. The van der Waals surface area contributed by atoms with Gasteiger partial charge < -0.3 is 16.4 Å². The fourth-order valence-electron chi connectivity index (χ4n) is 2.99. The van der Waals surface area contributed by atoms with Crippen LogP contribution in [0.25, 0.3) is 10.8 Å². The van der Waals surface area contributed by atoms with Crippen LogP contribution in [0.1, 0.15) is 23.3 Å². The Morgan fingerprint density at radius 1 is 1.28 bits per heavy atom. The summed E-state index contributed by atoms with van der Waals surface area (Å²) in [4.78, 5) is 32.0. The van der Waals surface area contributed by atoms with E-state index in [2.05, 4.69) is 4.98 Å². The molecule has 1 aromatic heterocycles. The molecule has 1 aromatic carbocycles. The monoisotopic (exact) mass is 358 g/mol. The van der Waals surface area contributed by atoms with Gasteiger partial charge in [0.15, 0.2) is 5.54 Å². The maximum absolute atomic E-state index is 13.1. The van der Waals surface area contributed by atoms with Crippen LogP contribution < -0.4 is 11.5 Å². The number of hydrogen-bond acceptors (Lipinski definition) is 6. The van der Waals surface area contributed by atoms with Crippen molar-refractivity contribution in [3.8, 4) is 0 Å². The van der Waals surface area contributed by atoms with E-state index >= 15 is 0 Å². The van der Waals surface area contributed by atoms with E-state index in [1.54, 1.807) is 28.9 Å². The zero-order chi connectivity index (χ0) is 17.9. The van der Waals surface area contributed by atoms with Crippen molar-refractivity contribution >= 4 is 34.2 Å². The summed E-state index contributed by atoms with van der Waals surface area (Å²) in [6.07, 6.45) is 2.36. The number of fused-ring (bicyclic) bond motifs is 1. The van der Waals surface area contributed by atoms with E-state index in [0.29, 0.717) is 25.4 Å². The van der Waals surface area contributed by atoms with Gasteiger partial charge in [-0.1, -0.05) is 24.3 Å². The van der Waals surface area contributed by atoms with Crippen LogP contribution in [0.2, 0.25) is 0 Å². The van der Waals surface area contributed by atoms with Crippen molar-refractivity contribution < 1.29 is 9.59 Å².